The second kappa shape index (κ2) is 2.37. The first kappa shape index (κ1) is 5.92. The molecule has 8 heavy (non-hydrogen) atoms. The summed E-state index contributed by atoms with van der Waals surface area (Å²) in [5.74, 6) is 0. The van der Waals surface area contributed by atoms with Crippen LogP contribution in [0.1, 0.15) is 0 Å². The molecule has 1 aliphatic heterocycles. The van der Waals surface area contributed by atoms with Gasteiger partial charge in [0.05, 0.1) is 6.34 Å². The Balaban J connectivity index is 2.63. The first-order chi connectivity index (χ1) is 3.79. The van der Waals surface area contributed by atoms with Gasteiger partial charge in [0.15, 0.2) is 0 Å². The molecule has 0 saturated carbocycles. The molecule has 2 nitrogen and oxygen atoms in total. The topological polar surface area (TPSA) is 24.4 Å². The highest BCUT2D eigenvalue weighted by Crippen LogP contribution is 2.08. The zero-order valence-corrected chi connectivity index (χ0v) is 5.45. The van der Waals surface area contributed by atoms with Crippen LogP contribution in [0.25, 0.3) is 0 Å². The zero-order valence-electron chi connectivity index (χ0n) is 3.94. The van der Waals surface area contributed by atoms with Gasteiger partial charge in [-0.3, -0.25) is 0 Å². The number of rotatable bonds is 0. The Kier molecular flexibility index (Phi) is 1.76. The minimum atomic E-state index is -0.208. The summed E-state index contributed by atoms with van der Waals surface area (Å²) in [6.07, 6.45) is 3.09. The Bertz CT molecular complexity index is 141. The van der Waals surface area contributed by atoms with E-state index in [0.717, 1.165) is 0 Å². The molecule has 0 spiro atoms. The van der Waals surface area contributed by atoms with Gasteiger partial charge in [-0.25, -0.2) is 4.99 Å². The van der Waals surface area contributed by atoms with Crippen molar-refractivity contribution in [2.24, 2.45) is 4.99 Å². The second-order valence-corrected chi connectivity index (χ2v) is 2.17. The van der Waals surface area contributed by atoms with E-state index in [9.17, 15) is 0 Å². The predicted molar refractivity (Wildman–Crippen MR) is 35.2 cm³/mol. The first-order valence-electron chi connectivity index (χ1n) is 2.09. The maximum absolute atomic E-state index is 5.55. The number of nitrogens with one attached hydrogen (secondary N) is 1. The second-order valence-electron chi connectivity index (χ2n) is 1.32. The van der Waals surface area contributed by atoms with Crippen LogP contribution in [0.15, 0.2) is 16.2 Å². The van der Waals surface area contributed by atoms with Crippen molar-refractivity contribution in [2.75, 3.05) is 0 Å². The molecule has 0 aliphatic carbocycles. The average molecular weight is 151 g/mol. The minimum Gasteiger partial charge on any atom is -0.357 e. The standard InChI is InChI=1S/C4H4Cl2N2/c5-3-1-4(6)8-2-7-3/h1-3H,(H,7,8). The maximum atomic E-state index is 5.55. The van der Waals surface area contributed by atoms with E-state index in [1.165, 1.54) is 6.34 Å². The Morgan fingerprint density at radius 3 is 2.88 bits per heavy atom. The molecule has 1 heterocycles. The predicted octanol–water partition coefficient (Wildman–Crippen LogP) is 1.26. The van der Waals surface area contributed by atoms with E-state index in [4.69, 9.17) is 23.2 Å². The number of halogens is 2. The van der Waals surface area contributed by atoms with E-state index in [2.05, 4.69) is 10.3 Å². The molecular weight excluding hydrogens is 147 g/mol. The summed E-state index contributed by atoms with van der Waals surface area (Å²) in [4.78, 5) is 3.69. The van der Waals surface area contributed by atoms with Gasteiger partial charge in [-0.15, -0.1) is 0 Å². The van der Waals surface area contributed by atoms with Crippen molar-refractivity contribution in [2.45, 2.75) is 5.50 Å². The molecule has 0 aromatic carbocycles. The van der Waals surface area contributed by atoms with Gasteiger partial charge in [0.25, 0.3) is 0 Å². The van der Waals surface area contributed by atoms with Crippen molar-refractivity contribution in [1.82, 2.24) is 5.32 Å². The van der Waals surface area contributed by atoms with Gasteiger partial charge in [0, 0.05) is 0 Å². The quantitative estimate of drug-likeness (QED) is 0.409. The lowest BCUT2D eigenvalue weighted by atomic mass is 10.5. The van der Waals surface area contributed by atoms with Crippen LogP contribution in [0.4, 0.5) is 0 Å². The van der Waals surface area contributed by atoms with Crippen molar-refractivity contribution in [3.63, 3.8) is 0 Å². The lowest BCUT2D eigenvalue weighted by molar-refractivity contribution is 0.958. The number of nitrogens with zero attached hydrogens (tertiary/aromatic N) is 1. The van der Waals surface area contributed by atoms with Crippen LogP contribution in [-0.2, 0) is 0 Å². The van der Waals surface area contributed by atoms with Crippen molar-refractivity contribution in [3.8, 4) is 0 Å². The van der Waals surface area contributed by atoms with Gasteiger partial charge in [0.2, 0.25) is 0 Å². The molecule has 0 amide bonds. The van der Waals surface area contributed by atoms with Crippen LogP contribution in [0, 0.1) is 0 Å². The molecule has 0 fully saturated rings. The molecule has 0 aromatic heterocycles. The summed E-state index contributed by atoms with van der Waals surface area (Å²) in [5, 5.41) is 3.16. The molecule has 0 saturated heterocycles. The Morgan fingerprint density at radius 1 is 1.75 bits per heavy atom. The summed E-state index contributed by atoms with van der Waals surface area (Å²) < 4.78 is 0. The van der Waals surface area contributed by atoms with Gasteiger partial charge < -0.3 is 5.32 Å². The number of aliphatic imine (C=N–C) groups is 1. The summed E-state index contributed by atoms with van der Waals surface area (Å²) in [7, 11) is 0. The molecule has 0 aromatic rings. The van der Waals surface area contributed by atoms with Gasteiger partial charge in [0.1, 0.15) is 10.7 Å². The summed E-state index contributed by atoms with van der Waals surface area (Å²) in [5.41, 5.74) is -0.208. The highest BCUT2D eigenvalue weighted by molar-refractivity contribution is 6.31. The molecule has 0 radical (unpaired) electrons. The van der Waals surface area contributed by atoms with E-state index in [0.29, 0.717) is 5.16 Å². The first-order valence-corrected chi connectivity index (χ1v) is 2.90. The van der Waals surface area contributed by atoms with Crippen LogP contribution in [-0.4, -0.2) is 11.8 Å². The fourth-order valence-corrected chi connectivity index (χ4v) is 0.797. The average Bonchev–Trinajstić information content (AvgIpc) is 1.64. The zero-order chi connectivity index (χ0) is 5.98. The molecule has 1 N–H and O–H groups in total. The van der Waals surface area contributed by atoms with Crippen LogP contribution in [0.3, 0.4) is 0 Å². The summed E-state index contributed by atoms with van der Waals surface area (Å²) >= 11 is 11.0. The Labute approximate surface area is 57.2 Å². The van der Waals surface area contributed by atoms with E-state index in [-0.39, 0.29) is 5.50 Å². The van der Waals surface area contributed by atoms with Crippen molar-refractivity contribution >= 4 is 29.5 Å². The molecular formula is C4H4Cl2N2. The third-order valence-electron chi connectivity index (χ3n) is 0.705. The molecule has 1 aliphatic rings. The molecule has 1 rings (SSSR count). The normalized spacial score (nSPS) is 26.8. The van der Waals surface area contributed by atoms with Gasteiger partial charge >= 0.3 is 0 Å². The lowest BCUT2D eigenvalue weighted by Crippen LogP contribution is -2.22. The van der Waals surface area contributed by atoms with Crippen LogP contribution >= 0.6 is 23.2 Å². The molecule has 1 atom stereocenters. The SMILES string of the molecule is ClC1=CC(Cl)NC=N1. The third kappa shape index (κ3) is 1.39. The van der Waals surface area contributed by atoms with E-state index < -0.39 is 0 Å². The van der Waals surface area contributed by atoms with E-state index in [1.807, 2.05) is 0 Å². The van der Waals surface area contributed by atoms with Gasteiger partial charge in [-0.05, 0) is 6.08 Å². The Hall–Kier alpha value is -0.210. The van der Waals surface area contributed by atoms with E-state index in [1.54, 1.807) is 6.08 Å². The van der Waals surface area contributed by atoms with E-state index >= 15 is 0 Å². The van der Waals surface area contributed by atoms with Gasteiger partial charge in [-0.2, -0.15) is 0 Å². The highest BCUT2D eigenvalue weighted by atomic mass is 35.5. The number of hydrogen-bond donors (Lipinski definition) is 1. The largest absolute Gasteiger partial charge is 0.357 e. The summed E-state index contributed by atoms with van der Waals surface area (Å²) in [6, 6.07) is 0. The van der Waals surface area contributed by atoms with Crippen molar-refractivity contribution < 1.29 is 0 Å². The maximum Gasteiger partial charge on any atom is 0.130 e. The number of hydrogen-bond acceptors (Lipinski definition) is 2. The summed E-state index contributed by atoms with van der Waals surface area (Å²) in [6.45, 7) is 0. The van der Waals surface area contributed by atoms with Crippen LogP contribution in [0.5, 0.6) is 0 Å². The molecule has 44 valence electrons. The fraction of sp³-hybridized carbons (Fsp3) is 0.250. The smallest absolute Gasteiger partial charge is 0.130 e. The molecule has 4 heteroatoms. The lowest BCUT2D eigenvalue weighted by Gasteiger charge is -2.06. The molecule has 1 unspecified atom stereocenters. The fourth-order valence-electron chi connectivity index (χ4n) is 0.382. The Morgan fingerprint density at radius 2 is 2.50 bits per heavy atom. The monoisotopic (exact) mass is 150 g/mol. The van der Waals surface area contributed by atoms with Gasteiger partial charge in [-0.1, -0.05) is 23.2 Å². The van der Waals surface area contributed by atoms with Crippen molar-refractivity contribution in [3.05, 3.63) is 11.2 Å². The highest BCUT2D eigenvalue weighted by Gasteiger charge is 2.01. The minimum absolute atomic E-state index is 0.208. The van der Waals surface area contributed by atoms with Crippen LogP contribution in [0.2, 0.25) is 0 Å². The van der Waals surface area contributed by atoms with Crippen LogP contribution < -0.4 is 5.32 Å². The van der Waals surface area contributed by atoms with Crippen molar-refractivity contribution in [1.29, 1.82) is 0 Å². The number of alkyl halides is 1. The third-order valence-corrected chi connectivity index (χ3v) is 1.18. The molecule has 0 bridgehead atoms.